The molecule has 2 nitrogen and oxygen atoms in total. The fourth-order valence-electron chi connectivity index (χ4n) is 0.979. The van der Waals surface area contributed by atoms with E-state index in [1.165, 1.54) is 6.07 Å². The molecule has 0 aliphatic heterocycles. The number of halogens is 3. The average molecular weight is 228 g/mol. The van der Waals surface area contributed by atoms with Gasteiger partial charge >= 0.3 is 6.18 Å². The van der Waals surface area contributed by atoms with Gasteiger partial charge in [-0.15, -0.1) is 0 Å². The largest absolute Gasteiger partial charge is 0.418 e. The summed E-state index contributed by atoms with van der Waals surface area (Å²) in [5.41, 5.74) is -1.40. The molecular formula is C9H3F3N2S. The summed E-state index contributed by atoms with van der Waals surface area (Å²) >= 11 is 4.23. The zero-order chi connectivity index (χ0) is 11.5. The van der Waals surface area contributed by atoms with Crippen LogP contribution in [0.1, 0.15) is 11.1 Å². The third-order valence-corrected chi connectivity index (χ3v) is 1.69. The first-order valence-corrected chi connectivity index (χ1v) is 4.09. The number of alkyl halides is 3. The molecule has 0 saturated carbocycles. The normalized spacial score (nSPS) is 10.3. The van der Waals surface area contributed by atoms with Crippen molar-refractivity contribution < 1.29 is 13.2 Å². The Morgan fingerprint density at radius 3 is 2.47 bits per heavy atom. The summed E-state index contributed by atoms with van der Waals surface area (Å²) in [5, 5.41) is 10.3. The highest BCUT2D eigenvalue weighted by Gasteiger charge is 2.33. The molecule has 0 aliphatic carbocycles. The summed E-state index contributed by atoms with van der Waals surface area (Å²) in [7, 11) is 0. The van der Waals surface area contributed by atoms with Crippen molar-refractivity contribution in [3.8, 4) is 6.07 Å². The number of hydrogen-bond donors (Lipinski definition) is 0. The molecular weight excluding hydrogens is 225 g/mol. The van der Waals surface area contributed by atoms with E-state index in [0.29, 0.717) is 0 Å². The first kappa shape index (κ1) is 11.4. The van der Waals surface area contributed by atoms with Crippen molar-refractivity contribution in [1.82, 2.24) is 0 Å². The predicted octanol–water partition coefficient (Wildman–Crippen LogP) is 3.31. The van der Waals surface area contributed by atoms with Gasteiger partial charge in [-0.1, -0.05) is 0 Å². The van der Waals surface area contributed by atoms with Gasteiger partial charge in [0.15, 0.2) is 0 Å². The van der Waals surface area contributed by atoms with Crippen LogP contribution in [0.4, 0.5) is 18.9 Å². The quantitative estimate of drug-likeness (QED) is 0.546. The van der Waals surface area contributed by atoms with Gasteiger partial charge < -0.3 is 0 Å². The van der Waals surface area contributed by atoms with Crippen molar-refractivity contribution in [2.45, 2.75) is 6.18 Å². The molecule has 1 aromatic rings. The Labute approximate surface area is 88.7 Å². The van der Waals surface area contributed by atoms with Crippen molar-refractivity contribution in [3.63, 3.8) is 0 Å². The van der Waals surface area contributed by atoms with Crippen LogP contribution < -0.4 is 0 Å². The summed E-state index contributed by atoms with van der Waals surface area (Å²) in [6.07, 6.45) is -4.56. The van der Waals surface area contributed by atoms with Gasteiger partial charge in [-0.25, -0.2) is 0 Å². The molecule has 0 bridgehead atoms. The molecule has 0 spiro atoms. The summed E-state index contributed by atoms with van der Waals surface area (Å²) in [6.45, 7) is 0. The van der Waals surface area contributed by atoms with Crippen LogP contribution in [-0.2, 0) is 6.18 Å². The molecule has 0 unspecified atom stereocenters. The van der Waals surface area contributed by atoms with Gasteiger partial charge in [-0.3, -0.25) is 0 Å². The number of rotatable bonds is 1. The fraction of sp³-hybridized carbons (Fsp3) is 0.111. The number of thiocarbonyl (C=S) groups is 1. The molecule has 6 heteroatoms. The smallest absolute Gasteiger partial charge is 0.194 e. The fourth-order valence-corrected chi connectivity index (χ4v) is 1.08. The van der Waals surface area contributed by atoms with E-state index >= 15 is 0 Å². The third kappa shape index (κ3) is 2.62. The second-order valence-electron chi connectivity index (χ2n) is 2.54. The lowest BCUT2D eigenvalue weighted by molar-refractivity contribution is -0.137. The average Bonchev–Trinajstić information content (AvgIpc) is 2.17. The molecule has 0 N–H and O–H groups in total. The Morgan fingerprint density at radius 1 is 1.33 bits per heavy atom. The third-order valence-electron chi connectivity index (χ3n) is 1.60. The maximum absolute atomic E-state index is 12.5. The van der Waals surface area contributed by atoms with E-state index in [-0.39, 0.29) is 11.3 Å². The lowest BCUT2D eigenvalue weighted by Gasteiger charge is -2.08. The van der Waals surface area contributed by atoms with Crippen LogP contribution in [0.2, 0.25) is 0 Å². The Morgan fingerprint density at radius 2 is 2.00 bits per heavy atom. The Balaban J connectivity index is 3.43. The Bertz CT molecular complexity index is 467. The van der Waals surface area contributed by atoms with Crippen LogP contribution in [0.25, 0.3) is 0 Å². The highest BCUT2D eigenvalue weighted by molar-refractivity contribution is 7.78. The second kappa shape index (κ2) is 4.22. The summed E-state index contributed by atoms with van der Waals surface area (Å²) in [4.78, 5) is 3.28. The molecule has 0 amide bonds. The van der Waals surface area contributed by atoms with Gasteiger partial charge in [0.25, 0.3) is 0 Å². The number of nitrogens with zero attached hydrogens (tertiary/aromatic N) is 2. The Kier molecular flexibility index (Phi) is 3.20. The molecule has 1 rings (SSSR count). The standard InChI is InChI=1S/C9H3F3N2S/c10-9(11,12)7-3-6(4-13)1-2-8(7)14-5-15/h1-3H. The zero-order valence-electron chi connectivity index (χ0n) is 7.17. The van der Waals surface area contributed by atoms with Crippen LogP contribution in [0, 0.1) is 11.3 Å². The first-order chi connectivity index (χ1) is 6.99. The Hall–Kier alpha value is -1.70. The SMILES string of the molecule is N#Cc1ccc(N=C=S)c(C(F)(F)F)c1. The van der Waals surface area contributed by atoms with Crippen LogP contribution >= 0.6 is 12.2 Å². The van der Waals surface area contributed by atoms with E-state index < -0.39 is 11.7 Å². The molecule has 76 valence electrons. The van der Waals surface area contributed by atoms with Crippen LogP contribution in [0.15, 0.2) is 23.2 Å². The van der Waals surface area contributed by atoms with Crippen molar-refractivity contribution in [2.75, 3.05) is 0 Å². The second-order valence-corrected chi connectivity index (χ2v) is 2.73. The predicted molar refractivity (Wildman–Crippen MR) is 50.8 cm³/mol. The van der Waals surface area contributed by atoms with Crippen LogP contribution in [-0.4, -0.2) is 5.16 Å². The van der Waals surface area contributed by atoms with Crippen molar-refractivity contribution in [2.24, 2.45) is 4.99 Å². The van der Waals surface area contributed by atoms with Gasteiger partial charge in [0.2, 0.25) is 0 Å². The number of aliphatic imine (C=N–C) groups is 1. The van der Waals surface area contributed by atoms with E-state index in [0.717, 1.165) is 12.1 Å². The molecule has 0 aromatic heterocycles. The molecule has 0 atom stereocenters. The van der Waals surface area contributed by atoms with E-state index in [4.69, 9.17) is 5.26 Å². The first-order valence-electron chi connectivity index (χ1n) is 3.68. The van der Waals surface area contributed by atoms with E-state index in [2.05, 4.69) is 17.2 Å². The van der Waals surface area contributed by atoms with Crippen LogP contribution in [0.3, 0.4) is 0 Å². The van der Waals surface area contributed by atoms with Crippen molar-refractivity contribution in [1.29, 1.82) is 5.26 Å². The zero-order valence-corrected chi connectivity index (χ0v) is 7.99. The lowest BCUT2D eigenvalue weighted by atomic mass is 10.1. The maximum Gasteiger partial charge on any atom is 0.418 e. The van der Waals surface area contributed by atoms with Crippen molar-refractivity contribution in [3.05, 3.63) is 29.3 Å². The monoisotopic (exact) mass is 228 g/mol. The number of isothiocyanates is 1. The summed E-state index contributed by atoms with van der Waals surface area (Å²) in [5.74, 6) is 0. The van der Waals surface area contributed by atoms with E-state index in [1.807, 2.05) is 5.16 Å². The van der Waals surface area contributed by atoms with Gasteiger partial charge in [-0.2, -0.15) is 23.4 Å². The molecule has 15 heavy (non-hydrogen) atoms. The molecule has 0 saturated heterocycles. The highest BCUT2D eigenvalue weighted by atomic mass is 32.1. The minimum atomic E-state index is -4.56. The molecule has 0 fully saturated rings. The summed E-state index contributed by atoms with van der Waals surface area (Å²) in [6, 6.07) is 4.67. The topological polar surface area (TPSA) is 36.1 Å². The minimum Gasteiger partial charge on any atom is -0.194 e. The molecule has 0 radical (unpaired) electrons. The summed E-state index contributed by atoms with van der Waals surface area (Å²) < 4.78 is 37.4. The minimum absolute atomic E-state index is 0.0781. The number of hydrogen-bond acceptors (Lipinski definition) is 3. The van der Waals surface area contributed by atoms with Crippen molar-refractivity contribution >= 4 is 23.1 Å². The molecule has 0 aliphatic rings. The highest BCUT2D eigenvalue weighted by Crippen LogP contribution is 2.36. The number of benzene rings is 1. The number of nitriles is 1. The maximum atomic E-state index is 12.5. The molecule has 0 heterocycles. The molecule has 1 aromatic carbocycles. The van der Waals surface area contributed by atoms with Gasteiger partial charge in [0, 0.05) is 0 Å². The van der Waals surface area contributed by atoms with Gasteiger partial charge in [-0.05, 0) is 30.4 Å². The van der Waals surface area contributed by atoms with E-state index in [9.17, 15) is 13.2 Å². The van der Waals surface area contributed by atoms with Gasteiger partial charge in [0.1, 0.15) is 0 Å². The lowest BCUT2D eigenvalue weighted by Crippen LogP contribution is -2.05. The van der Waals surface area contributed by atoms with Crippen LogP contribution in [0.5, 0.6) is 0 Å². The van der Waals surface area contributed by atoms with Gasteiger partial charge in [0.05, 0.1) is 28.0 Å². The van der Waals surface area contributed by atoms with E-state index in [1.54, 1.807) is 6.07 Å².